The van der Waals surface area contributed by atoms with Crippen LogP contribution in [0.1, 0.15) is 44.1 Å². The summed E-state index contributed by atoms with van der Waals surface area (Å²) >= 11 is 3.60. The Hall–Kier alpha value is -3.19. The molecule has 0 heterocycles. The lowest BCUT2D eigenvalue weighted by Crippen LogP contribution is -2.44. The molecule has 0 N–H and O–H groups in total. The van der Waals surface area contributed by atoms with Crippen molar-refractivity contribution < 1.29 is 28.6 Å². The maximum atomic E-state index is 12.1. The van der Waals surface area contributed by atoms with Crippen LogP contribution in [0, 0.1) is 0 Å². The normalized spacial score (nSPS) is 22.3. The van der Waals surface area contributed by atoms with Crippen molar-refractivity contribution in [3.63, 3.8) is 0 Å². The van der Waals surface area contributed by atoms with E-state index in [4.69, 9.17) is 14.2 Å². The van der Waals surface area contributed by atoms with E-state index in [-0.39, 0.29) is 0 Å². The molecule has 0 saturated carbocycles. The number of rotatable bonds is 3. The van der Waals surface area contributed by atoms with Crippen LogP contribution >= 0.6 is 15.9 Å². The van der Waals surface area contributed by atoms with E-state index in [1.165, 1.54) is 20.8 Å². The number of esters is 3. The van der Waals surface area contributed by atoms with Gasteiger partial charge in [-0.05, 0) is 38.4 Å². The van der Waals surface area contributed by atoms with Gasteiger partial charge in [0.05, 0.1) is 4.83 Å². The van der Waals surface area contributed by atoms with Gasteiger partial charge in [0.25, 0.3) is 0 Å². The summed E-state index contributed by atoms with van der Waals surface area (Å²) in [4.78, 5) is 35.4. The summed E-state index contributed by atoms with van der Waals surface area (Å²) in [6, 6.07) is 16.2. The van der Waals surface area contributed by atoms with Crippen LogP contribution in [0.15, 0.2) is 48.5 Å². The summed E-state index contributed by atoms with van der Waals surface area (Å²) in [5.74, 6) is -1.49. The van der Waals surface area contributed by atoms with E-state index in [2.05, 4.69) is 34.1 Å². The Labute approximate surface area is 198 Å². The lowest BCUT2D eigenvalue weighted by atomic mass is 9.79. The monoisotopic (exact) mass is 508 g/mol. The van der Waals surface area contributed by atoms with Crippen LogP contribution in [-0.2, 0) is 28.6 Å². The molecule has 0 unspecified atom stereocenters. The molecule has 1 aliphatic rings. The lowest BCUT2D eigenvalue weighted by Gasteiger charge is -2.40. The second-order valence-electron chi connectivity index (χ2n) is 8.31. The highest BCUT2D eigenvalue weighted by Gasteiger charge is 2.48. The minimum atomic E-state index is -0.878. The number of fused-ring (bicyclic) bond motifs is 2. The maximum Gasteiger partial charge on any atom is 0.303 e. The molecule has 0 bridgehead atoms. The number of hydrogen-bond donors (Lipinski definition) is 0. The first-order chi connectivity index (χ1) is 15.8. The van der Waals surface area contributed by atoms with Crippen molar-refractivity contribution in [1.29, 1.82) is 0 Å². The molecule has 7 heteroatoms. The summed E-state index contributed by atoms with van der Waals surface area (Å²) in [5.41, 5.74) is 1.40. The van der Waals surface area contributed by atoms with E-state index in [0.29, 0.717) is 5.56 Å². The molecule has 0 amide bonds. The van der Waals surface area contributed by atoms with Gasteiger partial charge in [0, 0.05) is 31.9 Å². The molecular formula is C26H21BrO6. The summed E-state index contributed by atoms with van der Waals surface area (Å²) in [6.45, 7) is 3.95. The Morgan fingerprint density at radius 3 is 1.94 bits per heavy atom. The number of alkyl halides is 1. The number of halogens is 1. The van der Waals surface area contributed by atoms with Gasteiger partial charge in [-0.15, -0.1) is 0 Å². The zero-order chi connectivity index (χ0) is 23.4. The fourth-order valence-electron chi connectivity index (χ4n) is 5.01. The SMILES string of the molecule is CC(=O)O[C@@H]1[C@H](Br)[C@@H](OC(C)=O)c2c(cc3ccc4cccc5ccc2c3c45)[C@H]1OC(C)=O. The second kappa shape index (κ2) is 7.99. The van der Waals surface area contributed by atoms with Crippen molar-refractivity contribution in [3.8, 4) is 0 Å². The molecule has 0 fully saturated rings. The Kier molecular flexibility index (Phi) is 5.24. The number of hydrogen-bond acceptors (Lipinski definition) is 6. The van der Waals surface area contributed by atoms with Crippen molar-refractivity contribution in [1.82, 2.24) is 0 Å². The number of carbonyl (C=O) groups excluding carboxylic acids is 3. The maximum absolute atomic E-state index is 12.1. The van der Waals surface area contributed by atoms with Crippen LogP contribution in [-0.4, -0.2) is 28.8 Å². The summed E-state index contributed by atoms with van der Waals surface area (Å²) in [7, 11) is 0. The fourth-order valence-corrected chi connectivity index (χ4v) is 5.77. The Morgan fingerprint density at radius 1 is 0.727 bits per heavy atom. The van der Waals surface area contributed by atoms with Crippen molar-refractivity contribution in [2.45, 2.75) is 43.9 Å². The highest BCUT2D eigenvalue weighted by Crippen LogP contribution is 2.50. The van der Waals surface area contributed by atoms with Crippen LogP contribution in [0.5, 0.6) is 0 Å². The average molecular weight is 509 g/mol. The minimum Gasteiger partial charge on any atom is -0.457 e. The number of benzene rings is 4. The molecule has 1 aliphatic carbocycles. The van der Waals surface area contributed by atoms with Crippen LogP contribution in [0.2, 0.25) is 0 Å². The molecule has 4 atom stereocenters. The topological polar surface area (TPSA) is 78.9 Å². The first kappa shape index (κ1) is 21.6. The summed E-state index contributed by atoms with van der Waals surface area (Å²) in [6.07, 6.45) is -2.49. The second-order valence-corrected chi connectivity index (χ2v) is 9.37. The van der Waals surface area contributed by atoms with Crippen molar-refractivity contribution >= 4 is 66.2 Å². The Morgan fingerprint density at radius 2 is 1.30 bits per heavy atom. The standard InChI is InChI=1S/C26H21BrO6/c1-12(28)31-24-19-11-17-8-7-15-5-4-6-16-9-10-18(21(17)20(15)16)22(19)25(32-13(2)29)23(27)26(24)33-14(3)30/h4-11,23-26H,1-3H3/t23-,24-,25+,26-/m1/s1. The van der Waals surface area contributed by atoms with Crippen LogP contribution in [0.3, 0.4) is 0 Å². The molecule has 0 radical (unpaired) electrons. The van der Waals surface area contributed by atoms with Gasteiger partial charge < -0.3 is 14.2 Å². The van der Waals surface area contributed by atoms with Gasteiger partial charge in [0.2, 0.25) is 0 Å². The number of carbonyl (C=O) groups is 3. The largest absolute Gasteiger partial charge is 0.457 e. The van der Waals surface area contributed by atoms with E-state index in [9.17, 15) is 14.4 Å². The molecule has 0 aliphatic heterocycles. The van der Waals surface area contributed by atoms with Gasteiger partial charge in [-0.2, -0.15) is 0 Å². The molecule has 168 valence electrons. The first-order valence-corrected chi connectivity index (χ1v) is 11.5. The summed E-state index contributed by atoms with van der Waals surface area (Å²) < 4.78 is 17.0. The third kappa shape index (κ3) is 3.51. The predicted octanol–water partition coefficient (Wildman–Crippen LogP) is 5.50. The zero-order valence-corrected chi connectivity index (χ0v) is 19.8. The van der Waals surface area contributed by atoms with Gasteiger partial charge in [0.1, 0.15) is 6.10 Å². The quantitative estimate of drug-likeness (QED) is 0.157. The van der Waals surface area contributed by atoms with E-state index in [1.807, 2.05) is 30.3 Å². The third-order valence-electron chi connectivity index (χ3n) is 6.10. The highest BCUT2D eigenvalue weighted by atomic mass is 79.9. The molecule has 33 heavy (non-hydrogen) atoms. The van der Waals surface area contributed by atoms with E-state index in [1.54, 1.807) is 0 Å². The van der Waals surface area contributed by atoms with Gasteiger partial charge in [-0.25, -0.2) is 0 Å². The minimum absolute atomic E-state index is 0.464. The predicted molar refractivity (Wildman–Crippen MR) is 127 cm³/mol. The van der Waals surface area contributed by atoms with Crippen molar-refractivity contribution in [2.75, 3.05) is 0 Å². The molecule has 0 spiro atoms. The smallest absolute Gasteiger partial charge is 0.303 e. The van der Waals surface area contributed by atoms with Gasteiger partial charge in [-0.1, -0.05) is 58.4 Å². The van der Waals surface area contributed by atoms with Gasteiger partial charge in [0.15, 0.2) is 12.2 Å². The fraction of sp³-hybridized carbons (Fsp3) is 0.269. The van der Waals surface area contributed by atoms with Crippen LogP contribution in [0.25, 0.3) is 32.3 Å². The van der Waals surface area contributed by atoms with E-state index < -0.39 is 41.0 Å². The molecule has 5 rings (SSSR count). The Balaban J connectivity index is 1.88. The summed E-state index contributed by atoms with van der Waals surface area (Å²) in [5, 5.41) is 6.25. The molecule has 0 saturated heterocycles. The van der Waals surface area contributed by atoms with Gasteiger partial charge >= 0.3 is 17.9 Å². The molecule has 6 nitrogen and oxygen atoms in total. The number of ether oxygens (including phenoxy) is 3. The third-order valence-corrected chi connectivity index (χ3v) is 7.10. The van der Waals surface area contributed by atoms with E-state index >= 15 is 0 Å². The molecule has 4 aromatic rings. The van der Waals surface area contributed by atoms with Gasteiger partial charge in [-0.3, -0.25) is 14.4 Å². The molecule has 0 aromatic heterocycles. The lowest BCUT2D eigenvalue weighted by molar-refractivity contribution is -0.172. The Bertz CT molecular complexity index is 1410. The van der Waals surface area contributed by atoms with E-state index in [0.717, 1.165) is 37.9 Å². The molecular weight excluding hydrogens is 488 g/mol. The van der Waals surface area contributed by atoms with Crippen LogP contribution < -0.4 is 0 Å². The first-order valence-electron chi connectivity index (χ1n) is 10.6. The zero-order valence-electron chi connectivity index (χ0n) is 18.3. The molecule has 4 aromatic carbocycles. The average Bonchev–Trinajstić information content (AvgIpc) is 2.76. The highest BCUT2D eigenvalue weighted by molar-refractivity contribution is 9.09. The van der Waals surface area contributed by atoms with Crippen molar-refractivity contribution in [2.24, 2.45) is 0 Å². The van der Waals surface area contributed by atoms with Crippen LogP contribution in [0.4, 0.5) is 0 Å². The van der Waals surface area contributed by atoms with Crippen molar-refractivity contribution in [3.05, 3.63) is 59.7 Å².